The van der Waals surface area contributed by atoms with Gasteiger partial charge in [-0.25, -0.2) is 9.78 Å². The second-order valence-electron chi connectivity index (χ2n) is 4.46. The number of hydrogen-bond donors (Lipinski definition) is 1. The van der Waals surface area contributed by atoms with E-state index >= 15 is 0 Å². The van der Waals surface area contributed by atoms with Crippen molar-refractivity contribution in [3.8, 4) is 11.5 Å². The molecule has 0 atom stereocenters. The first kappa shape index (κ1) is 16.0. The van der Waals surface area contributed by atoms with Crippen molar-refractivity contribution < 1.29 is 19.4 Å². The molecule has 1 N–H and O–H groups in total. The summed E-state index contributed by atoms with van der Waals surface area (Å²) in [4.78, 5) is 15.1. The van der Waals surface area contributed by atoms with Crippen molar-refractivity contribution in [2.24, 2.45) is 0 Å². The molecule has 2 aromatic rings. The number of aromatic nitrogens is 1. The summed E-state index contributed by atoms with van der Waals surface area (Å²) in [7, 11) is 1.60. The highest BCUT2D eigenvalue weighted by Gasteiger charge is 2.07. The third kappa shape index (κ3) is 4.08. The normalized spacial score (nSPS) is 10.8. The fraction of sp³-hybridized carbons (Fsp3) is 0.250. The van der Waals surface area contributed by atoms with Gasteiger partial charge in [0.1, 0.15) is 9.88 Å². The van der Waals surface area contributed by atoms with Gasteiger partial charge < -0.3 is 14.6 Å². The summed E-state index contributed by atoms with van der Waals surface area (Å²) in [6.07, 6.45) is 5.92. The van der Waals surface area contributed by atoms with E-state index in [2.05, 4.69) is 4.98 Å². The molecule has 0 aliphatic carbocycles. The molecule has 116 valence electrons. The lowest BCUT2D eigenvalue weighted by Gasteiger charge is -2.10. The molecule has 0 unspecified atom stereocenters. The predicted octanol–water partition coefficient (Wildman–Crippen LogP) is 3.81. The Balaban J connectivity index is 2.14. The number of ether oxygens (including phenoxy) is 2. The lowest BCUT2D eigenvalue weighted by molar-refractivity contribution is 0.0702. The highest BCUT2D eigenvalue weighted by molar-refractivity contribution is 7.14. The average Bonchev–Trinajstić information content (AvgIpc) is 3.00. The van der Waals surface area contributed by atoms with E-state index in [1.165, 1.54) is 6.20 Å². The molecule has 0 amide bonds. The molecule has 5 nitrogen and oxygen atoms in total. The van der Waals surface area contributed by atoms with Crippen molar-refractivity contribution in [1.82, 2.24) is 4.98 Å². The van der Waals surface area contributed by atoms with Crippen molar-refractivity contribution in [2.45, 2.75) is 13.3 Å². The minimum Gasteiger partial charge on any atom is -0.493 e. The summed E-state index contributed by atoms with van der Waals surface area (Å²) >= 11 is 1.13. The minimum absolute atomic E-state index is 0.223. The van der Waals surface area contributed by atoms with E-state index < -0.39 is 5.97 Å². The second-order valence-corrected chi connectivity index (χ2v) is 5.52. The maximum absolute atomic E-state index is 10.8. The topological polar surface area (TPSA) is 68.7 Å². The largest absolute Gasteiger partial charge is 0.493 e. The van der Waals surface area contributed by atoms with Crippen molar-refractivity contribution >= 4 is 29.5 Å². The Labute approximate surface area is 132 Å². The summed E-state index contributed by atoms with van der Waals surface area (Å²) in [5.41, 5.74) is 0.924. The van der Waals surface area contributed by atoms with Crippen molar-refractivity contribution in [3.63, 3.8) is 0 Å². The summed E-state index contributed by atoms with van der Waals surface area (Å²) in [6, 6.07) is 5.64. The number of rotatable bonds is 7. The molecule has 22 heavy (non-hydrogen) atoms. The fourth-order valence-corrected chi connectivity index (χ4v) is 2.41. The predicted molar refractivity (Wildman–Crippen MR) is 86.8 cm³/mol. The highest BCUT2D eigenvalue weighted by Crippen LogP contribution is 2.29. The molecule has 6 heteroatoms. The van der Waals surface area contributed by atoms with Gasteiger partial charge in [0, 0.05) is 0 Å². The number of thiazole rings is 1. The first-order valence-corrected chi connectivity index (χ1v) is 7.63. The molecule has 2 rings (SSSR count). The molecule has 0 fully saturated rings. The Morgan fingerprint density at radius 2 is 2.18 bits per heavy atom. The molecule has 0 radical (unpaired) electrons. The number of carboxylic acids is 1. The van der Waals surface area contributed by atoms with Crippen molar-refractivity contribution in [3.05, 3.63) is 39.8 Å². The highest BCUT2D eigenvalue weighted by atomic mass is 32.1. The van der Waals surface area contributed by atoms with Gasteiger partial charge in [0.2, 0.25) is 0 Å². The van der Waals surface area contributed by atoms with Crippen molar-refractivity contribution in [1.29, 1.82) is 0 Å². The Hall–Kier alpha value is -2.34. The fourth-order valence-electron chi connectivity index (χ4n) is 1.75. The van der Waals surface area contributed by atoms with E-state index in [4.69, 9.17) is 14.6 Å². The number of carbonyl (C=O) groups is 1. The van der Waals surface area contributed by atoms with Gasteiger partial charge in [0.05, 0.1) is 19.9 Å². The van der Waals surface area contributed by atoms with Gasteiger partial charge >= 0.3 is 5.97 Å². The maximum Gasteiger partial charge on any atom is 0.347 e. The minimum atomic E-state index is -0.962. The van der Waals surface area contributed by atoms with E-state index in [1.807, 2.05) is 31.2 Å². The standard InChI is InChI=1S/C16H17NO4S/c1-3-8-21-12-6-4-11(9-13(12)20-2)5-7-15-17-10-14(22-15)16(18)19/h4-7,9-10H,3,8H2,1-2H3,(H,18,19)/b7-5+. The van der Waals surface area contributed by atoms with Crippen LogP contribution in [0.5, 0.6) is 11.5 Å². The maximum atomic E-state index is 10.8. The Morgan fingerprint density at radius 1 is 1.36 bits per heavy atom. The van der Waals surface area contributed by atoms with Gasteiger partial charge in [-0.3, -0.25) is 0 Å². The average molecular weight is 319 g/mol. The van der Waals surface area contributed by atoms with Crippen LogP contribution >= 0.6 is 11.3 Å². The first-order valence-electron chi connectivity index (χ1n) is 6.82. The van der Waals surface area contributed by atoms with Crippen LogP contribution in [-0.4, -0.2) is 29.8 Å². The van der Waals surface area contributed by atoms with Crippen LogP contribution < -0.4 is 9.47 Å². The molecule has 0 saturated heterocycles. The third-order valence-corrected chi connectivity index (χ3v) is 3.75. The third-order valence-electron chi connectivity index (χ3n) is 2.80. The van der Waals surface area contributed by atoms with Crippen LogP contribution in [-0.2, 0) is 0 Å². The molecular formula is C16H17NO4S. The molecular weight excluding hydrogens is 302 g/mol. The molecule has 0 aliphatic rings. The lowest BCUT2D eigenvalue weighted by atomic mass is 10.2. The van der Waals surface area contributed by atoms with Crippen LogP contribution in [0, 0.1) is 0 Å². The number of aromatic carboxylic acids is 1. The van der Waals surface area contributed by atoms with Gasteiger partial charge in [0.25, 0.3) is 0 Å². The zero-order chi connectivity index (χ0) is 15.9. The van der Waals surface area contributed by atoms with Gasteiger partial charge in [0.15, 0.2) is 11.5 Å². The molecule has 0 spiro atoms. The van der Waals surface area contributed by atoms with Gasteiger partial charge in [-0.15, -0.1) is 11.3 Å². The van der Waals surface area contributed by atoms with Crippen LogP contribution in [0.3, 0.4) is 0 Å². The molecule has 1 aromatic carbocycles. The Morgan fingerprint density at radius 3 is 2.82 bits per heavy atom. The van der Waals surface area contributed by atoms with E-state index in [0.29, 0.717) is 23.1 Å². The Bertz CT molecular complexity index is 679. The zero-order valence-electron chi connectivity index (χ0n) is 12.4. The lowest BCUT2D eigenvalue weighted by Crippen LogP contribution is -1.97. The first-order chi connectivity index (χ1) is 10.6. The van der Waals surface area contributed by atoms with Gasteiger partial charge in [-0.05, 0) is 30.2 Å². The van der Waals surface area contributed by atoms with Crippen LogP contribution in [0.4, 0.5) is 0 Å². The molecule has 0 bridgehead atoms. The van der Waals surface area contributed by atoms with Crippen LogP contribution in [0.1, 0.15) is 33.6 Å². The van der Waals surface area contributed by atoms with E-state index in [9.17, 15) is 4.79 Å². The monoisotopic (exact) mass is 319 g/mol. The van der Waals surface area contributed by atoms with E-state index in [1.54, 1.807) is 13.2 Å². The molecule has 1 aromatic heterocycles. The number of carboxylic acid groups (broad SMARTS) is 1. The summed E-state index contributed by atoms with van der Waals surface area (Å²) in [5, 5.41) is 9.51. The number of hydrogen-bond acceptors (Lipinski definition) is 5. The summed E-state index contributed by atoms with van der Waals surface area (Å²) in [6.45, 7) is 2.69. The smallest absolute Gasteiger partial charge is 0.347 e. The summed E-state index contributed by atoms with van der Waals surface area (Å²) in [5.74, 6) is 0.418. The number of methoxy groups -OCH3 is 1. The van der Waals surface area contributed by atoms with Crippen LogP contribution in [0.2, 0.25) is 0 Å². The molecule has 0 saturated carbocycles. The SMILES string of the molecule is CCCOc1ccc(/C=C/c2ncc(C(=O)O)s2)cc1OC. The van der Waals surface area contributed by atoms with Crippen LogP contribution in [0.15, 0.2) is 24.4 Å². The van der Waals surface area contributed by atoms with Gasteiger partial charge in [-0.1, -0.05) is 19.1 Å². The van der Waals surface area contributed by atoms with Gasteiger partial charge in [-0.2, -0.15) is 0 Å². The Kier molecular flexibility index (Phi) is 5.55. The molecule has 1 heterocycles. The summed E-state index contributed by atoms with van der Waals surface area (Å²) < 4.78 is 10.9. The van der Waals surface area contributed by atoms with Crippen LogP contribution in [0.25, 0.3) is 12.2 Å². The molecule has 0 aliphatic heterocycles. The van der Waals surface area contributed by atoms with E-state index in [0.717, 1.165) is 23.3 Å². The van der Waals surface area contributed by atoms with E-state index in [-0.39, 0.29) is 4.88 Å². The zero-order valence-corrected chi connectivity index (χ0v) is 13.2. The number of benzene rings is 1. The van der Waals surface area contributed by atoms with Crippen molar-refractivity contribution in [2.75, 3.05) is 13.7 Å². The quantitative estimate of drug-likeness (QED) is 0.840. The number of nitrogens with zero attached hydrogens (tertiary/aromatic N) is 1. The second kappa shape index (κ2) is 7.61.